The maximum atomic E-state index is 14.1. The van der Waals surface area contributed by atoms with Crippen LogP contribution in [0.4, 0.5) is 8.78 Å². The minimum absolute atomic E-state index is 0.00639. The Labute approximate surface area is 132 Å². The van der Waals surface area contributed by atoms with Gasteiger partial charge in [0, 0.05) is 17.7 Å². The lowest BCUT2D eigenvalue weighted by molar-refractivity contribution is 0.405. The molecule has 1 atom stereocenters. The second-order valence-corrected chi connectivity index (χ2v) is 6.10. The SMILES string of the molecule is COc1cc(F)c(C(Br)c2ccc(C(C)C)cc2)c(F)c1. The van der Waals surface area contributed by atoms with E-state index < -0.39 is 16.5 Å². The van der Waals surface area contributed by atoms with E-state index in [0.717, 1.165) is 5.56 Å². The lowest BCUT2D eigenvalue weighted by Gasteiger charge is -2.15. The standard InChI is InChI=1S/C17H17BrF2O/c1-10(2)11-4-6-12(7-5-11)17(18)16-14(19)8-13(21-3)9-15(16)20/h4-10,17H,1-3H3. The number of ether oxygens (including phenoxy) is 1. The first-order valence-corrected chi connectivity index (χ1v) is 7.62. The molecule has 0 bridgehead atoms. The van der Waals surface area contributed by atoms with E-state index in [1.54, 1.807) is 0 Å². The summed E-state index contributed by atoms with van der Waals surface area (Å²) in [6, 6.07) is 10.1. The minimum Gasteiger partial charge on any atom is -0.497 e. The van der Waals surface area contributed by atoms with E-state index in [4.69, 9.17) is 4.74 Å². The number of alkyl halides is 1. The molecular formula is C17H17BrF2O. The van der Waals surface area contributed by atoms with Crippen molar-refractivity contribution in [1.82, 2.24) is 0 Å². The first-order chi connectivity index (χ1) is 9.93. The van der Waals surface area contributed by atoms with Crippen LogP contribution in [0.25, 0.3) is 0 Å². The summed E-state index contributed by atoms with van der Waals surface area (Å²) in [5, 5.41) is 0. The molecule has 0 aliphatic carbocycles. The number of benzene rings is 2. The highest BCUT2D eigenvalue weighted by Gasteiger charge is 2.21. The molecule has 0 heterocycles. The Bertz CT molecular complexity index is 600. The highest BCUT2D eigenvalue weighted by Crippen LogP contribution is 2.36. The van der Waals surface area contributed by atoms with Gasteiger partial charge in [-0.05, 0) is 17.0 Å². The number of methoxy groups -OCH3 is 1. The lowest BCUT2D eigenvalue weighted by atomic mass is 9.98. The van der Waals surface area contributed by atoms with Crippen molar-refractivity contribution in [3.8, 4) is 5.75 Å². The summed E-state index contributed by atoms with van der Waals surface area (Å²) in [5.41, 5.74) is 1.99. The van der Waals surface area contributed by atoms with Gasteiger partial charge in [-0.15, -0.1) is 0 Å². The molecule has 0 spiro atoms. The van der Waals surface area contributed by atoms with Gasteiger partial charge in [0.25, 0.3) is 0 Å². The van der Waals surface area contributed by atoms with Crippen molar-refractivity contribution < 1.29 is 13.5 Å². The number of hydrogen-bond donors (Lipinski definition) is 0. The van der Waals surface area contributed by atoms with Crippen LogP contribution in [0.1, 0.15) is 41.3 Å². The average molecular weight is 355 g/mol. The van der Waals surface area contributed by atoms with E-state index in [1.165, 1.54) is 24.8 Å². The van der Waals surface area contributed by atoms with Crippen molar-refractivity contribution in [2.75, 3.05) is 7.11 Å². The van der Waals surface area contributed by atoms with Crippen LogP contribution in [-0.4, -0.2) is 7.11 Å². The molecule has 21 heavy (non-hydrogen) atoms. The van der Waals surface area contributed by atoms with Gasteiger partial charge in [-0.3, -0.25) is 0 Å². The van der Waals surface area contributed by atoms with Crippen LogP contribution >= 0.6 is 15.9 Å². The third-order valence-corrected chi connectivity index (χ3v) is 4.42. The molecule has 0 fully saturated rings. The lowest BCUT2D eigenvalue weighted by Crippen LogP contribution is -2.02. The zero-order valence-corrected chi connectivity index (χ0v) is 13.7. The predicted molar refractivity (Wildman–Crippen MR) is 84.2 cm³/mol. The fraction of sp³-hybridized carbons (Fsp3) is 0.294. The topological polar surface area (TPSA) is 9.23 Å². The Kier molecular flexibility index (Phi) is 4.99. The largest absolute Gasteiger partial charge is 0.497 e. The molecule has 0 radical (unpaired) electrons. The Morgan fingerprint density at radius 1 is 0.952 bits per heavy atom. The molecule has 2 aromatic carbocycles. The maximum Gasteiger partial charge on any atom is 0.134 e. The van der Waals surface area contributed by atoms with Gasteiger partial charge in [-0.1, -0.05) is 54.0 Å². The number of rotatable bonds is 4. The first kappa shape index (κ1) is 16.0. The van der Waals surface area contributed by atoms with E-state index in [1.807, 2.05) is 24.3 Å². The second-order valence-electron chi connectivity index (χ2n) is 5.19. The maximum absolute atomic E-state index is 14.1. The Hall–Kier alpha value is -1.42. The van der Waals surface area contributed by atoms with Crippen LogP contribution in [0, 0.1) is 11.6 Å². The molecule has 1 nitrogen and oxygen atoms in total. The summed E-state index contributed by atoms with van der Waals surface area (Å²) >= 11 is 3.38. The summed E-state index contributed by atoms with van der Waals surface area (Å²) < 4.78 is 33.0. The normalized spacial score (nSPS) is 12.5. The highest BCUT2D eigenvalue weighted by molar-refractivity contribution is 9.09. The highest BCUT2D eigenvalue weighted by atomic mass is 79.9. The van der Waals surface area contributed by atoms with E-state index >= 15 is 0 Å². The summed E-state index contributed by atoms with van der Waals surface area (Å²) in [5.74, 6) is -0.658. The quantitative estimate of drug-likeness (QED) is 0.651. The Morgan fingerprint density at radius 2 is 1.43 bits per heavy atom. The van der Waals surface area contributed by atoms with Crippen molar-refractivity contribution in [2.45, 2.75) is 24.6 Å². The fourth-order valence-corrected chi connectivity index (χ4v) is 2.88. The zero-order valence-electron chi connectivity index (χ0n) is 12.2. The van der Waals surface area contributed by atoms with Gasteiger partial charge in [0.2, 0.25) is 0 Å². The monoisotopic (exact) mass is 354 g/mol. The van der Waals surface area contributed by atoms with Crippen LogP contribution in [0.5, 0.6) is 5.75 Å². The second kappa shape index (κ2) is 6.56. The Balaban J connectivity index is 2.37. The molecule has 1 unspecified atom stereocenters. The molecule has 0 aliphatic rings. The molecule has 2 rings (SSSR count). The molecule has 0 N–H and O–H groups in total. The summed E-state index contributed by atoms with van der Waals surface area (Å²) in [4.78, 5) is -0.537. The van der Waals surface area contributed by atoms with Gasteiger partial charge >= 0.3 is 0 Å². The fourth-order valence-electron chi connectivity index (χ4n) is 2.14. The van der Waals surface area contributed by atoms with Crippen molar-refractivity contribution in [3.05, 3.63) is 64.7 Å². The van der Waals surface area contributed by atoms with Crippen LogP contribution in [0.3, 0.4) is 0 Å². The Morgan fingerprint density at radius 3 is 1.86 bits per heavy atom. The van der Waals surface area contributed by atoms with Gasteiger partial charge in [0.15, 0.2) is 0 Å². The van der Waals surface area contributed by atoms with Gasteiger partial charge in [0.05, 0.1) is 11.9 Å². The molecular weight excluding hydrogens is 338 g/mol. The molecule has 0 aromatic heterocycles. The van der Waals surface area contributed by atoms with E-state index in [2.05, 4.69) is 29.8 Å². The molecule has 112 valence electrons. The van der Waals surface area contributed by atoms with Crippen molar-refractivity contribution in [1.29, 1.82) is 0 Å². The van der Waals surface area contributed by atoms with Crippen LogP contribution < -0.4 is 4.74 Å². The van der Waals surface area contributed by atoms with Crippen molar-refractivity contribution in [2.24, 2.45) is 0 Å². The van der Waals surface area contributed by atoms with Crippen molar-refractivity contribution in [3.63, 3.8) is 0 Å². The van der Waals surface area contributed by atoms with E-state index in [0.29, 0.717) is 5.92 Å². The van der Waals surface area contributed by atoms with E-state index in [-0.39, 0.29) is 11.3 Å². The third kappa shape index (κ3) is 3.43. The first-order valence-electron chi connectivity index (χ1n) is 6.71. The summed E-state index contributed by atoms with van der Waals surface area (Å²) in [6.07, 6.45) is 0. The molecule has 2 aromatic rings. The molecule has 0 amide bonds. The zero-order chi connectivity index (χ0) is 15.6. The smallest absolute Gasteiger partial charge is 0.134 e. The number of halogens is 3. The molecule has 0 saturated carbocycles. The average Bonchev–Trinajstić information content (AvgIpc) is 2.46. The van der Waals surface area contributed by atoms with Gasteiger partial charge in [0.1, 0.15) is 17.4 Å². The van der Waals surface area contributed by atoms with Crippen LogP contribution in [-0.2, 0) is 0 Å². The molecule has 4 heteroatoms. The van der Waals surface area contributed by atoms with Gasteiger partial charge < -0.3 is 4.74 Å². The number of hydrogen-bond acceptors (Lipinski definition) is 1. The summed E-state index contributed by atoms with van der Waals surface area (Å²) in [6.45, 7) is 4.20. The molecule has 0 saturated heterocycles. The summed E-state index contributed by atoms with van der Waals surface area (Å²) in [7, 11) is 1.38. The van der Waals surface area contributed by atoms with Gasteiger partial charge in [-0.2, -0.15) is 0 Å². The third-order valence-electron chi connectivity index (χ3n) is 3.44. The molecule has 0 aliphatic heterocycles. The van der Waals surface area contributed by atoms with Crippen LogP contribution in [0.15, 0.2) is 36.4 Å². The van der Waals surface area contributed by atoms with Crippen LogP contribution in [0.2, 0.25) is 0 Å². The predicted octanol–water partition coefficient (Wildman–Crippen LogP) is 5.58. The minimum atomic E-state index is -0.623. The van der Waals surface area contributed by atoms with Crippen molar-refractivity contribution >= 4 is 15.9 Å². The van der Waals surface area contributed by atoms with Gasteiger partial charge in [-0.25, -0.2) is 8.78 Å². The van der Waals surface area contributed by atoms with E-state index in [9.17, 15) is 8.78 Å².